The predicted molar refractivity (Wildman–Crippen MR) is 115 cm³/mol. The second kappa shape index (κ2) is 9.86. The Morgan fingerprint density at radius 2 is 1.75 bits per heavy atom. The van der Waals surface area contributed by atoms with E-state index >= 15 is 0 Å². The average molecular weight is 445 g/mol. The Balaban J connectivity index is 1.63. The molecule has 4 atom stereocenters. The summed E-state index contributed by atoms with van der Waals surface area (Å²) in [6.45, 7) is 8.89. The Morgan fingerprint density at radius 1 is 1.11 bits per heavy atom. The van der Waals surface area contributed by atoms with Crippen LogP contribution in [0.1, 0.15) is 32.3 Å². The number of allylic oxidation sites excluding steroid dienone is 1. The molecule has 1 aliphatic rings. The minimum atomic E-state index is -0.877. The molecule has 0 radical (unpaired) electrons. The van der Waals surface area contributed by atoms with Gasteiger partial charge in [0.2, 0.25) is 0 Å². The molecule has 0 aliphatic heterocycles. The van der Waals surface area contributed by atoms with Crippen LogP contribution in [0.15, 0.2) is 72.8 Å². The van der Waals surface area contributed by atoms with E-state index in [1.807, 2.05) is 43.3 Å². The Labute approximate surface area is 174 Å². The number of ether oxygens (including phenoxy) is 2. The third kappa shape index (κ3) is 5.56. The number of hydrogen-bond donors (Lipinski definition) is 1. The van der Waals surface area contributed by atoms with E-state index in [0.29, 0.717) is 12.5 Å². The van der Waals surface area contributed by atoms with Gasteiger partial charge in [-0.15, -0.1) is 0 Å². The summed E-state index contributed by atoms with van der Waals surface area (Å²) < 4.78 is 13.1. The van der Waals surface area contributed by atoms with Crippen LogP contribution in [0.2, 0.25) is 4.82 Å². The van der Waals surface area contributed by atoms with E-state index < -0.39 is 5.60 Å². The molecule has 3 nitrogen and oxygen atoms in total. The van der Waals surface area contributed by atoms with Crippen LogP contribution in [0.3, 0.4) is 0 Å². The molecule has 0 aromatic heterocycles. The zero-order valence-electron chi connectivity index (χ0n) is 16.7. The van der Waals surface area contributed by atoms with Crippen LogP contribution in [-0.2, 0) is 16.1 Å². The summed E-state index contributed by atoms with van der Waals surface area (Å²) in [4.78, 5) is 0.178. The Bertz CT molecular complexity index is 745. The summed E-state index contributed by atoms with van der Waals surface area (Å²) in [5.74, 6) is 0.370. The number of rotatable bonds is 8. The first kappa shape index (κ1) is 21.3. The zero-order chi connectivity index (χ0) is 20.0. The molecule has 150 valence electrons. The van der Waals surface area contributed by atoms with Crippen molar-refractivity contribution in [2.75, 3.05) is 6.79 Å². The van der Waals surface area contributed by atoms with Crippen molar-refractivity contribution >= 4 is 19.4 Å². The van der Waals surface area contributed by atoms with Gasteiger partial charge in [0.05, 0.1) is 0 Å². The molecule has 1 saturated carbocycles. The first-order valence-corrected chi connectivity index (χ1v) is 11.6. The van der Waals surface area contributed by atoms with Crippen molar-refractivity contribution < 1.29 is 14.6 Å². The quantitative estimate of drug-likeness (QED) is 0.288. The maximum absolute atomic E-state index is 11.4. The Morgan fingerprint density at radius 3 is 2.39 bits per heavy atom. The van der Waals surface area contributed by atoms with Crippen molar-refractivity contribution in [1.82, 2.24) is 0 Å². The average Bonchev–Trinajstić information content (AvgIpc) is 2.69. The number of hydrogen-bond acceptors (Lipinski definition) is 3. The minimum absolute atomic E-state index is 0.172. The molecule has 1 N–H and O–H groups in total. The van der Waals surface area contributed by atoms with Crippen molar-refractivity contribution in [3.8, 4) is 0 Å². The van der Waals surface area contributed by atoms with Crippen LogP contribution in [0.4, 0.5) is 0 Å². The third-order valence-corrected chi connectivity index (χ3v) is 8.63. The van der Waals surface area contributed by atoms with Gasteiger partial charge in [-0.2, -0.15) is 0 Å². The summed E-state index contributed by atoms with van der Waals surface area (Å²) in [5, 5.41) is 11.4. The summed E-state index contributed by atoms with van der Waals surface area (Å²) in [7, 11) is 0. The van der Waals surface area contributed by atoms with Gasteiger partial charge in [0, 0.05) is 0 Å². The van der Waals surface area contributed by atoms with Crippen molar-refractivity contribution in [2.24, 2.45) is 5.92 Å². The first-order valence-electron chi connectivity index (χ1n) is 9.79. The molecule has 3 rings (SSSR count). The van der Waals surface area contributed by atoms with Crippen molar-refractivity contribution in [2.45, 2.75) is 49.8 Å². The molecule has 2 aromatic carbocycles. The fourth-order valence-electron chi connectivity index (χ4n) is 3.63. The molecule has 1 aliphatic carbocycles. The summed E-state index contributed by atoms with van der Waals surface area (Å²) >= 11 is 0.172. The first-order chi connectivity index (χ1) is 13.5. The normalized spacial score (nSPS) is 27.5. The Hall–Kier alpha value is -1.42. The second-order valence-corrected chi connectivity index (χ2v) is 10.4. The number of aliphatic hydroxyl groups is 1. The van der Waals surface area contributed by atoms with Gasteiger partial charge in [-0.3, -0.25) is 0 Å². The van der Waals surface area contributed by atoms with Crippen LogP contribution in [-0.4, -0.2) is 38.6 Å². The summed E-state index contributed by atoms with van der Waals surface area (Å²) in [5.41, 5.74) is 1.41. The van der Waals surface area contributed by atoms with Gasteiger partial charge >= 0.3 is 175 Å². The summed E-state index contributed by atoms with van der Waals surface area (Å²) in [6, 6.07) is 20.5. The van der Waals surface area contributed by atoms with Crippen LogP contribution in [0.5, 0.6) is 0 Å². The van der Waals surface area contributed by atoms with Gasteiger partial charge in [-0.05, 0) is 0 Å². The van der Waals surface area contributed by atoms with Crippen molar-refractivity contribution in [3.05, 3.63) is 78.4 Å². The van der Waals surface area contributed by atoms with Gasteiger partial charge in [0.25, 0.3) is 0 Å². The molecule has 0 amide bonds. The van der Waals surface area contributed by atoms with Gasteiger partial charge in [0.15, 0.2) is 0 Å². The monoisotopic (exact) mass is 446 g/mol. The standard InChI is InChI=1S/C24H30O3Se/c1-18(2)20-14-22(27-17-26-16-19-10-6-4-7-11-19)24(3,25)23(15-20)28-21-12-8-5-9-13-21/h4-13,20,22-23,25H,1,14-17H2,2-3H3/t20-,22+,23+,24+/m0/s1. The molecule has 0 spiro atoms. The molecule has 0 heterocycles. The molecule has 0 saturated heterocycles. The fourth-order valence-corrected chi connectivity index (χ4v) is 6.49. The third-order valence-electron chi connectivity index (χ3n) is 5.48. The van der Waals surface area contributed by atoms with E-state index in [1.54, 1.807) is 0 Å². The van der Waals surface area contributed by atoms with E-state index in [-0.39, 0.29) is 32.7 Å². The molecular formula is C24H30O3Se. The van der Waals surface area contributed by atoms with Crippen molar-refractivity contribution in [3.63, 3.8) is 0 Å². The van der Waals surface area contributed by atoms with Crippen LogP contribution in [0.25, 0.3) is 0 Å². The van der Waals surface area contributed by atoms with Gasteiger partial charge in [0.1, 0.15) is 0 Å². The zero-order valence-corrected chi connectivity index (χ0v) is 18.4. The topological polar surface area (TPSA) is 38.7 Å². The molecule has 28 heavy (non-hydrogen) atoms. The molecule has 4 heteroatoms. The molecule has 0 bridgehead atoms. The van der Waals surface area contributed by atoms with E-state index in [2.05, 4.69) is 37.8 Å². The predicted octanol–water partition coefficient (Wildman–Crippen LogP) is 4.10. The summed E-state index contributed by atoms with van der Waals surface area (Å²) in [6.07, 6.45) is 1.50. The maximum atomic E-state index is 11.4. The molecule has 0 unspecified atom stereocenters. The van der Waals surface area contributed by atoms with E-state index in [4.69, 9.17) is 9.47 Å². The fraction of sp³-hybridized carbons (Fsp3) is 0.417. The van der Waals surface area contributed by atoms with E-state index in [0.717, 1.165) is 18.4 Å². The van der Waals surface area contributed by atoms with Crippen LogP contribution < -0.4 is 4.46 Å². The van der Waals surface area contributed by atoms with E-state index in [9.17, 15) is 5.11 Å². The number of benzene rings is 2. The second-order valence-electron chi connectivity index (χ2n) is 7.77. The van der Waals surface area contributed by atoms with Crippen LogP contribution in [0, 0.1) is 5.92 Å². The van der Waals surface area contributed by atoms with Gasteiger partial charge < -0.3 is 0 Å². The molecule has 1 fully saturated rings. The van der Waals surface area contributed by atoms with Gasteiger partial charge in [-0.1, -0.05) is 0 Å². The molecule has 2 aromatic rings. The van der Waals surface area contributed by atoms with Gasteiger partial charge in [-0.25, -0.2) is 0 Å². The Kier molecular flexibility index (Phi) is 7.50. The van der Waals surface area contributed by atoms with E-state index in [1.165, 1.54) is 10.0 Å². The molecular weight excluding hydrogens is 415 g/mol. The van der Waals surface area contributed by atoms with Crippen molar-refractivity contribution in [1.29, 1.82) is 0 Å². The van der Waals surface area contributed by atoms with Crippen LogP contribution >= 0.6 is 0 Å². The SMILES string of the molecule is C=C(C)[C@H]1C[C@@H](OCOCc2ccccc2)[C@@](C)(O)[C@H]([Se]c2ccccc2)C1.